The minimum atomic E-state index is -0.905. The summed E-state index contributed by atoms with van der Waals surface area (Å²) in [6.07, 6.45) is 1.58. The van der Waals surface area contributed by atoms with Gasteiger partial charge in [0.1, 0.15) is 6.04 Å². The fraction of sp³-hybridized carbons (Fsp3) is 0.467. The number of carboxylic acid groups (broad SMARTS) is 1. The second-order valence-corrected chi connectivity index (χ2v) is 5.16. The molecule has 0 unspecified atom stereocenters. The van der Waals surface area contributed by atoms with E-state index in [1.165, 1.54) is 0 Å². The number of hydrogen-bond acceptors (Lipinski definition) is 3. The average Bonchev–Trinajstić information content (AvgIpc) is 2.47. The number of likely N-dealkylation sites (N-methyl/N-ethyl adjacent to an activating group) is 1. The number of nitrogens with zero attached hydrogens (tertiary/aromatic N) is 2. The van der Waals surface area contributed by atoms with Crippen LogP contribution >= 0.6 is 0 Å². The Bertz CT molecular complexity index is 489. The second-order valence-electron chi connectivity index (χ2n) is 5.16. The van der Waals surface area contributed by atoms with E-state index in [9.17, 15) is 9.59 Å². The van der Waals surface area contributed by atoms with Crippen LogP contribution in [0.5, 0.6) is 0 Å². The monoisotopic (exact) mass is 276 g/mol. The highest BCUT2D eigenvalue weighted by Gasteiger charge is 2.35. The highest BCUT2D eigenvalue weighted by molar-refractivity contribution is 5.98. The minimum Gasteiger partial charge on any atom is -0.480 e. The van der Waals surface area contributed by atoms with Gasteiger partial charge in [0.15, 0.2) is 0 Å². The van der Waals surface area contributed by atoms with Crippen molar-refractivity contribution in [3.63, 3.8) is 0 Å². The van der Waals surface area contributed by atoms with Gasteiger partial charge in [-0.25, -0.2) is 0 Å². The van der Waals surface area contributed by atoms with Gasteiger partial charge in [0.05, 0.1) is 6.04 Å². The Labute approximate surface area is 118 Å². The maximum absolute atomic E-state index is 12.6. The molecule has 0 bridgehead atoms. The van der Waals surface area contributed by atoms with Gasteiger partial charge in [-0.05, 0) is 38.9 Å². The molecule has 0 radical (unpaired) electrons. The Hall–Kier alpha value is -1.88. The van der Waals surface area contributed by atoms with Gasteiger partial charge < -0.3 is 10.0 Å². The molecule has 2 rings (SSSR count). The van der Waals surface area contributed by atoms with E-state index in [1.807, 2.05) is 30.3 Å². The van der Waals surface area contributed by atoms with Crippen LogP contribution < -0.4 is 4.90 Å². The summed E-state index contributed by atoms with van der Waals surface area (Å²) in [5.74, 6) is -0.921. The number of carboxylic acids is 1. The van der Waals surface area contributed by atoms with Gasteiger partial charge in [-0.2, -0.15) is 0 Å². The Kier molecular flexibility index (Phi) is 4.39. The van der Waals surface area contributed by atoms with Gasteiger partial charge in [0, 0.05) is 12.2 Å². The van der Waals surface area contributed by atoms with E-state index in [-0.39, 0.29) is 11.9 Å². The first kappa shape index (κ1) is 14.5. The Balaban J connectivity index is 2.17. The molecular formula is C15H20N2O3. The number of piperidine rings is 1. The fourth-order valence-corrected chi connectivity index (χ4v) is 2.54. The number of amides is 1. The highest BCUT2D eigenvalue weighted by Crippen LogP contribution is 2.23. The number of rotatable bonds is 4. The molecule has 5 heteroatoms. The zero-order valence-corrected chi connectivity index (χ0v) is 11.8. The van der Waals surface area contributed by atoms with Gasteiger partial charge in [0.2, 0.25) is 5.91 Å². The lowest BCUT2D eigenvalue weighted by atomic mass is 10.0. The third-order valence-electron chi connectivity index (χ3n) is 3.94. The number of carbonyl (C=O) groups excluding carboxylic acids is 1. The molecule has 2 atom stereocenters. The maximum atomic E-state index is 12.6. The summed E-state index contributed by atoms with van der Waals surface area (Å²) in [6, 6.07) is 8.48. The highest BCUT2D eigenvalue weighted by atomic mass is 16.4. The molecule has 1 saturated heterocycles. The first-order valence-corrected chi connectivity index (χ1v) is 6.83. The van der Waals surface area contributed by atoms with Crippen molar-refractivity contribution in [2.75, 3.05) is 18.5 Å². The molecule has 1 aromatic carbocycles. The van der Waals surface area contributed by atoms with E-state index in [2.05, 4.69) is 0 Å². The average molecular weight is 276 g/mol. The molecular weight excluding hydrogens is 256 g/mol. The first-order valence-electron chi connectivity index (χ1n) is 6.83. The van der Waals surface area contributed by atoms with Crippen LogP contribution in [0.4, 0.5) is 5.69 Å². The lowest BCUT2D eigenvalue weighted by Crippen LogP contribution is -2.55. The standard InChI is InChI=1S/C15H20N2O3/c1-11(15(19)20)16(2)13-9-6-10-17(14(13)18)12-7-4-3-5-8-12/h3-5,7-8,11,13H,6,9-10H2,1-2H3,(H,19,20)/t11-,13-/m0/s1. The van der Waals surface area contributed by atoms with E-state index >= 15 is 0 Å². The van der Waals surface area contributed by atoms with Crippen LogP contribution in [0.15, 0.2) is 30.3 Å². The summed E-state index contributed by atoms with van der Waals surface area (Å²) in [7, 11) is 1.70. The molecule has 1 fully saturated rings. The van der Waals surface area contributed by atoms with Crippen molar-refractivity contribution in [3.8, 4) is 0 Å². The molecule has 0 saturated carbocycles. The number of anilines is 1. The lowest BCUT2D eigenvalue weighted by Gasteiger charge is -2.38. The third kappa shape index (κ3) is 2.82. The predicted octanol–water partition coefficient (Wildman–Crippen LogP) is 1.59. The number of para-hydroxylation sites is 1. The predicted molar refractivity (Wildman–Crippen MR) is 76.7 cm³/mol. The first-order chi connectivity index (χ1) is 9.52. The summed E-state index contributed by atoms with van der Waals surface area (Å²) >= 11 is 0. The van der Waals surface area contributed by atoms with Crippen molar-refractivity contribution >= 4 is 17.6 Å². The third-order valence-corrected chi connectivity index (χ3v) is 3.94. The van der Waals surface area contributed by atoms with Gasteiger partial charge in [-0.3, -0.25) is 14.5 Å². The topological polar surface area (TPSA) is 60.9 Å². The lowest BCUT2D eigenvalue weighted by molar-refractivity contribution is -0.144. The number of hydrogen-bond donors (Lipinski definition) is 1. The summed E-state index contributed by atoms with van der Waals surface area (Å²) in [4.78, 5) is 27.1. The van der Waals surface area contributed by atoms with Crippen molar-refractivity contribution < 1.29 is 14.7 Å². The van der Waals surface area contributed by atoms with Gasteiger partial charge in [-0.1, -0.05) is 18.2 Å². The molecule has 0 spiro atoms. The van der Waals surface area contributed by atoms with Crippen LogP contribution in [0.1, 0.15) is 19.8 Å². The number of aliphatic carboxylic acids is 1. The van der Waals surface area contributed by atoms with Crippen molar-refractivity contribution in [1.82, 2.24) is 4.90 Å². The van der Waals surface area contributed by atoms with Crippen LogP contribution in [0.25, 0.3) is 0 Å². The largest absolute Gasteiger partial charge is 0.480 e. The molecule has 1 heterocycles. The van der Waals surface area contributed by atoms with Crippen molar-refractivity contribution in [1.29, 1.82) is 0 Å². The molecule has 5 nitrogen and oxygen atoms in total. The minimum absolute atomic E-state index is 0.0157. The summed E-state index contributed by atoms with van der Waals surface area (Å²) in [5, 5.41) is 9.09. The van der Waals surface area contributed by atoms with Crippen LogP contribution in [-0.2, 0) is 9.59 Å². The second kappa shape index (κ2) is 6.05. The van der Waals surface area contributed by atoms with Gasteiger partial charge in [0.25, 0.3) is 0 Å². The van der Waals surface area contributed by atoms with Crippen molar-refractivity contribution in [2.24, 2.45) is 0 Å². The molecule has 1 aliphatic heterocycles. The van der Waals surface area contributed by atoms with Crippen molar-refractivity contribution in [3.05, 3.63) is 30.3 Å². The normalized spacial score (nSPS) is 21.1. The van der Waals surface area contributed by atoms with Crippen LogP contribution in [0.2, 0.25) is 0 Å². The summed E-state index contributed by atoms with van der Waals surface area (Å²) < 4.78 is 0. The molecule has 1 aliphatic rings. The van der Waals surface area contributed by atoms with Crippen LogP contribution in [0.3, 0.4) is 0 Å². The Morgan fingerprint density at radius 1 is 1.40 bits per heavy atom. The van der Waals surface area contributed by atoms with E-state index in [0.29, 0.717) is 13.0 Å². The quantitative estimate of drug-likeness (QED) is 0.907. The molecule has 20 heavy (non-hydrogen) atoms. The Morgan fingerprint density at radius 3 is 2.65 bits per heavy atom. The van der Waals surface area contributed by atoms with Crippen molar-refractivity contribution in [2.45, 2.75) is 31.8 Å². The zero-order chi connectivity index (χ0) is 14.7. The molecule has 1 aromatic rings. The van der Waals surface area contributed by atoms with Gasteiger partial charge in [-0.15, -0.1) is 0 Å². The van der Waals surface area contributed by atoms with Crippen LogP contribution in [-0.4, -0.2) is 47.6 Å². The van der Waals surface area contributed by atoms with E-state index in [1.54, 1.807) is 23.8 Å². The molecule has 0 aromatic heterocycles. The SMILES string of the molecule is C[C@@H](C(=O)O)N(C)[C@H]1CCCN(c2ccccc2)C1=O. The zero-order valence-electron chi connectivity index (χ0n) is 11.8. The Morgan fingerprint density at radius 2 is 2.05 bits per heavy atom. The van der Waals surface area contributed by atoms with E-state index < -0.39 is 12.0 Å². The summed E-state index contributed by atoms with van der Waals surface area (Å²) in [6.45, 7) is 2.30. The van der Waals surface area contributed by atoms with Gasteiger partial charge >= 0.3 is 5.97 Å². The molecule has 1 N–H and O–H groups in total. The molecule has 0 aliphatic carbocycles. The van der Waals surface area contributed by atoms with Crippen LogP contribution in [0, 0.1) is 0 Å². The van der Waals surface area contributed by atoms with E-state index in [4.69, 9.17) is 5.11 Å². The number of benzene rings is 1. The molecule has 1 amide bonds. The van der Waals surface area contributed by atoms with E-state index in [0.717, 1.165) is 12.1 Å². The number of carbonyl (C=O) groups is 2. The molecule has 108 valence electrons. The maximum Gasteiger partial charge on any atom is 0.320 e. The summed E-state index contributed by atoms with van der Waals surface area (Å²) in [5.41, 5.74) is 0.874. The fourth-order valence-electron chi connectivity index (χ4n) is 2.54. The smallest absolute Gasteiger partial charge is 0.320 e.